The van der Waals surface area contributed by atoms with E-state index in [0.29, 0.717) is 17.2 Å². The number of nitrogens with one attached hydrogen (secondary N) is 1. The maximum Gasteiger partial charge on any atom is 0.291 e. The third kappa shape index (κ3) is 5.62. The zero-order valence-corrected chi connectivity index (χ0v) is 14.9. The first-order valence-corrected chi connectivity index (χ1v) is 8.55. The lowest BCUT2D eigenvalue weighted by atomic mass is 10.2. The Morgan fingerprint density at radius 1 is 1.04 bits per heavy atom. The summed E-state index contributed by atoms with van der Waals surface area (Å²) in [6, 6.07) is 17.7. The van der Waals surface area contributed by atoms with Crippen molar-refractivity contribution in [3.63, 3.8) is 0 Å². The van der Waals surface area contributed by atoms with Gasteiger partial charge in [-0.1, -0.05) is 12.1 Å². The summed E-state index contributed by atoms with van der Waals surface area (Å²) in [7, 11) is 0. The zero-order chi connectivity index (χ0) is 19.1. The van der Waals surface area contributed by atoms with E-state index < -0.39 is 6.10 Å². The third-order valence-electron chi connectivity index (χ3n) is 3.73. The molecule has 2 aromatic carbocycles. The molecule has 0 saturated carbocycles. The molecule has 0 spiro atoms. The van der Waals surface area contributed by atoms with Crippen LogP contribution in [0.2, 0.25) is 0 Å². The maximum absolute atomic E-state index is 11.9. The van der Waals surface area contributed by atoms with Crippen LogP contribution in [0.25, 0.3) is 0 Å². The van der Waals surface area contributed by atoms with Crippen molar-refractivity contribution in [2.24, 2.45) is 0 Å². The molecule has 6 heteroatoms. The second-order valence-electron chi connectivity index (χ2n) is 6.05. The fraction of sp³-hybridized carbons (Fsp3) is 0.190. The molecular formula is C21H21NO5. The largest absolute Gasteiger partial charge is 0.491 e. The van der Waals surface area contributed by atoms with Gasteiger partial charge in [0, 0.05) is 5.69 Å². The van der Waals surface area contributed by atoms with Crippen molar-refractivity contribution in [2.75, 3.05) is 18.5 Å². The Labute approximate surface area is 157 Å². The van der Waals surface area contributed by atoms with Crippen LogP contribution in [0.1, 0.15) is 16.1 Å². The number of aliphatic hydroxyl groups is 1. The molecule has 0 radical (unpaired) electrons. The van der Waals surface area contributed by atoms with Gasteiger partial charge < -0.3 is 24.3 Å². The molecule has 1 atom stereocenters. The van der Waals surface area contributed by atoms with Gasteiger partial charge in [-0.3, -0.25) is 4.79 Å². The summed E-state index contributed by atoms with van der Waals surface area (Å²) >= 11 is 0. The lowest BCUT2D eigenvalue weighted by Gasteiger charge is -2.14. The summed E-state index contributed by atoms with van der Waals surface area (Å²) in [5.74, 6) is 1.22. The van der Waals surface area contributed by atoms with Gasteiger partial charge in [-0.25, -0.2) is 0 Å². The van der Waals surface area contributed by atoms with Crippen molar-refractivity contribution >= 4 is 11.6 Å². The topological polar surface area (TPSA) is 80.9 Å². The van der Waals surface area contributed by atoms with Gasteiger partial charge in [0.2, 0.25) is 0 Å². The molecule has 3 aromatic rings. The minimum atomic E-state index is -0.760. The Morgan fingerprint density at radius 2 is 1.78 bits per heavy atom. The van der Waals surface area contributed by atoms with Crippen LogP contribution in [-0.4, -0.2) is 30.3 Å². The number of benzene rings is 2. The quantitative estimate of drug-likeness (QED) is 0.635. The molecule has 0 aliphatic carbocycles. The molecular weight excluding hydrogens is 346 g/mol. The Morgan fingerprint density at radius 3 is 2.44 bits per heavy atom. The molecule has 27 heavy (non-hydrogen) atoms. The zero-order valence-electron chi connectivity index (χ0n) is 14.9. The van der Waals surface area contributed by atoms with E-state index in [1.807, 2.05) is 31.2 Å². The molecule has 0 aliphatic rings. The number of rotatable bonds is 8. The minimum Gasteiger partial charge on any atom is -0.491 e. The van der Waals surface area contributed by atoms with Gasteiger partial charge in [0.05, 0.1) is 6.26 Å². The van der Waals surface area contributed by atoms with E-state index in [-0.39, 0.29) is 24.9 Å². The molecule has 6 nitrogen and oxygen atoms in total. The fourth-order valence-electron chi connectivity index (χ4n) is 2.37. The predicted molar refractivity (Wildman–Crippen MR) is 101 cm³/mol. The summed E-state index contributed by atoms with van der Waals surface area (Å²) < 4.78 is 16.1. The van der Waals surface area contributed by atoms with E-state index in [1.165, 1.54) is 6.26 Å². The molecule has 1 heterocycles. The summed E-state index contributed by atoms with van der Waals surface area (Å²) in [5, 5.41) is 12.7. The Kier molecular flexibility index (Phi) is 6.12. The molecule has 0 aliphatic heterocycles. The molecule has 1 amide bonds. The van der Waals surface area contributed by atoms with E-state index in [1.54, 1.807) is 36.4 Å². The number of furan rings is 1. The number of carbonyl (C=O) groups is 1. The van der Waals surface area contributed by atoms with Crippen LogP contribution in [0.3, 0.4) is 0 Å². The molecule has 0 fully saturated rings. The van der Waals surface area contributed by atoms with Gasteiger partial charge in [-0.05, 0) is 61.0 Å². The van der Waals surface area contributed by atoms with Crippen LogP contribution in [-0.2, 0) is 0 Å². The Bertz CT molecular complexity index is 859. The molecule has 0 bridgehead atoms. The van der Waals surface area contributed by atoms with Crippen LogP contribution in [0.5, 0.6) is 11.5 Å². The van der Waals surface area contributed by atoms with Gasteiger partial charge in [0.1, 0.15) is 30.8 Å². The SMILES string of the molecule is Cc1cccc(OCC(O)COc2ccc(NC(=O)c3ccco3)cc2)c1. The highest BCUT2D eigenvalue weighted by Crippen LogP contribution is 2.17. The highest BCUT2D eigenvalue weighted by atomic mass is 16.5. The number of hydrogen-bond donors (Lipinski definition) is 2. The van der Waals surface area contributed by atoms with E-state index in [4.69, 9.17) is 13.9 Å². The lowest BCUT2D eigenvalue weighted by Crippen LogP contribution is -2.25. The molecule has 3 rings (SSSR count). The summed E-state index contributed by atoms with van der Waals surface area (Å²) in [6.45, 7) is 2.22. The average Bonchev–Trinajstić information content (AvgIpc) is 3.21. The molecule has 1 aromatic heterocycles. The van der Waals surface area contributed by atoms with Crippen LogP contribution < -0.4 is 14.8 Å². The Balaban J connectivity index is 1.43. The summed E-state index contributed by atoms with van der Waals surface area (Å²) in [5.41, 5.74) is 1.71. The number of anilines is 1. The number of aliphatic hydroxyl groups excluding tert-OH is 1. The lowest BCUT2D eigenvalue weighted by molar-refractivity contribution is 0.0626. The monoisotopic (exact) mass is 367 g/mol. The molecule has 140 valence electrons. The molecule has 2 N–H and O–H groups in total. The van der Waals surface area contributed by atoms with Gasteiger partial charge in [0.15, 0.2) is 5.76 Å². The first kappa shape index (κ1) is 18.5. The number of carbonyl (C=O) groups excluding carboxylic acids is 1. The highest BCUT2D eigenvalue weighted by Gasteiger charge is 2.09. The average molecular weight is 367 g/mol. The van der Waals surface area contributed by atoms with Gasteiger partial charge in [0.25, 0.3) is 5.91 Å². The van der Waals surface area contributed by atoms with Crippen LogP contribution in [0, 0.1) is 6.92 Å². The van der Waals surface area contributed by atoms with Crippen molar-refractivity contribution in [3.8, 4) is 11.5 Å². The van der Waals surface area contributed by atoms with E-state index >= 15 is 0 Å². The normalized spacial score (nSPS) is 11.6. The van der Waals surface area contributed by atoms with Gasteiger partial charge in [-0.15, -0.1) is 0 Å². The molecule has 1 unspecified atom stereocenters. The minimum absolute atomic E-state index is 0.101. The van der Waals surface area contributed by atoms with Crippen molar-refractivity contribution in [1.82, 2.24) is 0 Å². The maximum atomic E-state index is 11.9. The Hall–Kier alpha value is -3.25. The van der Waals surface area contributed by atoms with E-state index in [2.05, 4.69) is 5.32 Å². The smallest absolute Gasteiger partial charge is 0.291 e. The van der Waals surface area contributed by atoms with Crippen molar-refractivity contribution in [2.45, 2.75) is 13.0 Å². The van der Waals surface area contributed by atoms with Gasteiger partial charge >= 0.3 is 0 Å². The van der Waals surface area contributed by atoms with E-state index in [0.717, 1.165) is 5.56 Å². The second kappa shape index (κ2) is 8.91. The van der Waals surface area contributed by atoms with E-state index in [9.17, 15) is 9.90 Å². The summed E-state index contributed by atoms with van der Waals surface area (Å²) in [6.07, 6.45) is 0.684. The van der Waals surface area contributed by atoms with Crippen molar-refractivity contribution in [3.05, 3.63) is 78.3 Å². The number of aryl methyl sites for hydroxylation is 1. The van der Waals surface area contributed by atoms with Crippen molar-refractivity contribution < 1.29 is 23.8 Å². The third-order valence-corrected chi connectivity index (χ3v) is 3.73. The fourth-order valence-corrected chi connectivity index (χ4v) is 2.37. The van der Waals surface area contributed by atoms with Crippen LogP contribution >= 0.6 is 0 Å². The standard InChI is InChI=1S/C21H21NO5/c1-15-4-2-5-19(12-15)27-14-17(23)13-26-18-9-7-16(8-10-18)22-21(24)20-6-3-11-25-20/h2-12,17,23H,13-14H2,1H3,(H,22,24). The number of hydrogen-bond acceptors (Lipinski definition) is 5. The van der Waals surface area contributed by atoms with Crippen molar-refractivity contribution in [1.29, 1.82) is 0 Å². The molecule has 0 saturated heterocycles. The second-order valence-corrected chi connectivity index (χ2v) is 6.05. The van der Waals surface area contributed by atoms with Crippen LogP contribution in [0.4, 0.5) is 5.69 Å². The first-order valence-electron chi connectivity index (χ1n) is 8.55. The highest BCUT2D eigenvalue weighted by molar-refractivity contribution is 6.02. The first-order chi connectivity index (χ1) is 13.1. The number of ether oxygens (including phenoxy) is 2. The van der Waals surface area contributed by atoms with Gasteiger partial charge in [-0.2, -0.15) is 0 Å². The summed E-state index contributed by atoms with van der Waals surface area (Å²) in [4.78, 5) is 11.9. The van der Waals surface area contributed by atoms with Crippen LogP contribution in [0.15, 0.2) is 71.3 Å². The number of amides is 1. The predicted octanol–water partition coefficient (Wildman–Crippen LogP) is 3.66.